The van der Waals surface area contributed by atoms with Gasteiger partial charge in [-0.2, -0.15) is 0 Å². The van der Waals surface area contributed by atoms with Gasteiger partial charge in [-0.15, -0.1) is 6.58 Å². The highest BCUT2D eigenvalue weighted by Gasteiger charge is 2.60. The second-order valence-corrected chi connectivity index (χ2v) is 9.45. The van der Waals surface area contributed by atoms with Crippen LogP contribution in [0.5, 0.6) is 0 Å². The number of ether oxygens (including phenoxy) is 5. The van der Waals surface area contributed by atoms with Crippen LogP contribution in [-0.2, 0) is 23.7 Å². The van der Waals surface area contributed by atoms with Crippen molar-refractivity contribution in [3.05, 3.63) is 12.7 Å². The molecule has 1 fully saturated rings. The molecule has 1 N–H and O–H groups in total. The van der Waals surface area contributed by atoms with Gasteiger partial charge in [0.05, 0.1) is 0 Å². The van der Waals surface area contributed by atoms with Crippen molar-refractivity contribution in [3.63, 3.8) is 0 Å². The Morgan fingerprint density at radius 3 is 1.15 bits per heavy atom. The zero-order chi connectivity index (χ0) is 25.2. The van der Waals surface area contributed by atoms with Gasteiger partial charge in [0, 0.05) is 33.0 Å². The van der Waals surface area contributed by atoms with Crippen LogP contribution in [0.1, 0.15) is 98.8 Å². The van der Waals surface area contributed by atoms with Crippen LogP contribution in [0.25, 0.3) is 0 Å². The molecule has 1 aliphatic rings. The molecule has 0 aromatic heterocycles. The van der Waals surface area contributed by atoms with Gasteiger partial charge in [-0.05, 0) is 32.1 Å². The van der Waals surface area contributed by atoms with Crippen molar-refractivity contribution in [2.24, 2.45) is 0 Å². The Bertz CT molecular complexity index is 467. The minimum atomic E-state index is -1.44. The van der Waals surface area contributed by atoms with Crippen LogP contribution < -0.4 is 0 Å². The molecule has 0 aromatic carbocycles. The summed E-state index contributed by atoms with van der Waals surface area (Å²) in [6.45, 7) is 17.6. The van der Waals surface area contributed by atoms with Gasteiger partial charge in [0.2, 0.25) is 0 Å². The Morgan fingerprint density at radius 2 is 0.853 bits per heavy atom. The molecule has 0 aromatic rings. The topological polar surface area (TPSA) is 66.4 Å². The molecule has 0 amide bonds. The van der Waals surface area contributed by atoms with E-state index in [9.17, 15) is 5.11 Å². The number of rotatable bonds is 21. The molecule has 6 heteroatoms. The average molecular weight is 487 g/mol. The van der Waals surface area contributed by atoms with Crippen molar-refractivity contribution in [1.82, 2.24) is 0 Å². The van der Waals surface area contributed by atoms with Crippen molar-refractivity contribution in [3.8, 4) is 0 Å². The molecule has 6 atom stereocenters. The van der Waals surface area contributed by atoms with Crippen LogP contribution in [-0.4, -0.2) is 74.3 Å². The van der Waals surface area contributed by atoms with Gasteiger partial charge in [-0.25, -0.2) is 0 Å². The predicted octanol–water partition coefficient (Wildman–Crippen LogP) is 5.84. The normalized spacial score (nSPS) is 29.4. The summed E-state index contributed by atoms with van der Waals surface area (Å²) in [5.41, 5.74) is -1.44. The highest BCUT2D eigenvalue weighted by molar-refractivity contribution is 5.18. The molecule has 0 radical (unpaired) electrons. The molecule has 1 saturated carbocycles. The Kier molecular flexibility index (Phi) is 17.4. The lowest BCUT2D eigenvalue weighted by molar-refractivity contribution is -0.296. The van der Waals surface area contributed by atoms with Gasteiger partial charge in [0.1, 0.15) is 36.1 Å². The first-order valence-corrected chi connectivity index (χ1v) is 14.0. The van der Waals surface area contributed by atoms with Gasteiger partial charge in [0.15, 0.2) is 0 Å². The Hall–Kier alpha value is -0.500. The molecular formula is C28H54O6. The molecule has 0 spiro atoms. The van der Waals surface area contributed by atoms with E-state index in [0.29, 0.717) is 33.0 Å². The number of unbranched alkanes of at least 4 members (excludes halogenated alkanes) is 5. The summed E-state index contributed by atoms with van der Waals surface area (Å²) in [7, 11) is 0. The van der Waals surface area contributed by atoms with E-state index in [1.54, 1.807) is 6.08 Å². The van der Waals surface area contributed by atoms with Gasteiger partial charge < -0.3 is 28.8 Å². The summed E-state index contributed by atoms with van der Waals surface area (Å²) in [5.74, 6) is 0. The average Bonchev–Trinajstić information content (AvgIpc) is 2.84. The molecule has 0 saturated heterocycles. The smallest absolute Gasteiger partial charge is 0.140 e. The molecule has 3 unspecified atom stereocenters. The fourth-order valence-electron chi connectivity index (χ4n) is 4.26. The van der Waals surface area contributed by atoms with Crippen molar-refractivity contribution in [2.75, 3.05) is 33.0 Å². The first kappa shape index (κ1) is 31.5. The van der Waals surface area contributed by atoms with Gasteiger partial charge >= 0.3 is 0 Å². The van der Waals surface area contributed by atoms with E-state index in [2.05, 4.69) is 41.2 Å². The van der Waals surface area contributed by atoms with E-state index in [1.165, 1.54) is 0 Å². The van der Waals surface area contributed by atoms with Crippen LogP contribution >= 0.6 is 0 Å². The fraction of sp³-hybridized carbons (Fsp3) is 0.929. The highest BCUT2D eigenvalue weighted by Crippen LogP contribution is 2.40. The van der Waals surface area contributed by atoms with E-state index in [4.69, 9.17) is 23.7 Å². The monoisotopic (exact) mass is 486 g/mol. The zero-order valence-corrected chi connectivity index (χ0v) is 22.8. The largest absolute Gasteiger partial charge is 0.380 e. The summed E-state index contributed by atoms with van der Waals surface area (Å²) >= 11 is 0. The number of aliphatic hydroxyl groups is 1. The van der Waals surface area contributed by atoms with Crippen LogP contribution in [0.4, 0.5) is 0 Å². The van der Waals surface area contributed by atoms with Crippen LogP contribution in [0.2, 0.25) is 0 Å². The molecule has 0 heterocycles. The molecule has 202 valence electrons. The molecule has 0 aliphatic heterocycles. The predicted molar refractivity (Wildman–Crippen MR) is 138 cm³/mol. The quantitative estimate of drug-likeness (QED) is 0.162. The second-order valence-electron chi connectivity index (χ2n) is 9.45. The maximum Gasteiger partial charge on any atom is 0.140 e. The fourth-order valence-corrected chi connectivity index (χ4v) is 4.26. The lowest BCUT2D eigenvalue weighted by atomic mass is 9.74. The molecular weight excluding hydrogens is 432 g/mol. The standard InChI is InChI=1S/C28H54O6/c1-7-13-18-30-23-24(31-19-14-8-2)26(33-21-16-10-4)28(29,12-6)27(34-22-17-11-5)25(23)32-20-15-9-3/h12,23-27,29H,6-11,13-22H2,1-5H3/t23-,24?,25?,26+,27?,28+/m1/s1. The van der Waals surface area contributed by atoms with E-state index in [-0.39, 0.29) is 0 Å². The van der Waals surface area contributed by atoms with Crippen molar-refractivity contribution >= 4 is 0 Å². The maximum atomic E-state index is 12.1. The first-order chi connectivity index (χ1) is 16.5. The number of hydrogen-bond acceptors (Lipinski definition) is 6. The van der Waals surface area contributed by atoms with Gasteiger partial charge in [0.25, 0.3) is 0 Å². The van der Waals surface area contributed by atoms with Crippen molar-refractivity contribution in [1.29, 1.82) is 0 Å². The van der Waals surface area contributed by atoms with Crippen molar-refractivity contribution < 1.29 is 28.8 Å². The van der Waals surface area contributed by atoms with E-state index in [1.807, 2.05) is 0 Å². The third-order valence-electron chi connectivity index (χ3n) is 6.50. The maximum absolute atomic E-state index is 12.1. The van der Waals surface area contributed by atoms with Crippen LogP contribution in [0, 0.1) is 0 Å². The van der Waals surface area contributed by atoms with Crippen LogP contribution in [0.3, 0.4) is 0 Å². The summed E-state index contributed by atoms with van der Waals surface area (Å²) in [5, 5.41) is 12.1. The molecule has 1 rings (SSSR count). The molecule has 0 bridgehead atoms. The van der Waals surface area contributed by atoms with Crippen LogP contribution in [0.15, 0.2) is 12.7 Å². The third-order valence-corrected chi connectivity index (χ3v) is 6.50. The Balaban J connectivity index is 3.40. The third kappa shape index (κ3) is 9.51. The van der Waals surface area contributed by atoms with E-state index >= 15 is 0 Å². The molecule has 1 aliphatic carbocycles. The summed E-state index contributed by atoms with van der Waals surface area (Å²) in [6.07, 6.45) is 8.72. The second kappa shape index (κ2) is 18.7. The van der Waals surface area contributed by atoms with E-state index in [0.717, 1.165) is 64.2 Å². The summed E-state index contributed by atoms with van der Waals surface area (Å²) < 4.78 is 32.0. The lowest BCUT2D eigenvalue weighted by Gasteiger charge is -2.53. The Morgan fingerprint density at radius 1 is 0.559 bits per heavy atom. The SMILES string of the molecule is C=C[C@@]1(O)C(OCCCC)C(OCCCC)[C@H](OCCCC)C(OCCCC)[C@@H]1OCCCC. The number of hydrogen-bond donors (Lipinski definition) is 1. The minimum absolute atomic E-state index is 0.390. The van der Waals surface area contributed by atoms with Gasteiger partial charge in [-0.3, -0.25) is 0 Å². The minimum Gasteiger partial charge on any atom is -0.380 e. The zero-order valence-electron chi connectivity index (χ0n) is 22.8. The van der Waals surface area contributed by atoms with Crippen molar-refractivity contribution in [2.45, 2.75) is 135 Å². The van der Waals surface area contributed by atoms with Gasteiger partial charge in [-0.1, -0.05) is 72.8 Å². The lowest BCUT2D eigenvalue weighted by Crippen LogP contribution is -2.72. The highest BCUT2D eigenvalue weighted by atomic mass is 16.6. The molecule has 6 nitrogen and oxygen atoms in total. The summed E-state index contributed by atoms with van der Waals surface area (Å²) in [4.78, 5) is 0. The van der Waals surface area contributed by atoms with E-state index < -0.39 is 36.1 Å². The summed E-state index contributed by atoms with van der Waals surface area (Å²) in [6, 6.07) is 0. The Labute approximate surface area is 209 Å². The molecule has 34 heavy (non-hydrogen) atoms. The first-order valence-electron chi connectivity index (χ1n) is 14.0.